The molecular formula is C21H23FN4S. The van der Waals surface area contributed by atoms with E-state index in [4.69, 9.17) is 0 Å². The summed E-state index contributed by atoms with van der Waals surface area (Å²) in [4.78, 5) is 4.72. The third-order valence-corrected chi connectivity index (χ3v) is 6.16. The molecule has 0 N–H and O–H groups in total. The average molecular weight is 383 g/mol. The van der Waals surface area contributed by atoms with Crippen LogP contribution >= 0.6 is 11.3 Å². The van der Waals surface area contributed by atoms with Crippen molar-refractivity contribution in [2.75, 3.05) is 29.9 Å². The van der Waals surface area contributed by atoms with Gasteiger partial charge in [0.25, 0.3) is 0 Å². The zero-order valence-corrected chi connectivity index (χ0v) is 16.2. The van der Waals surface area contributed by atoms with Gasteiger partial charge < -0.3 is 9.80 Å². The monoisotopic (exact) mass is 382 g/mol. The molecule has 0 bridgehead atoms. The summed E-state index contributed by atoms with van der Waals surface area (Å²) in [5.74, 6) is -0.208. The number of aromatic nitrogens is 2. The zero-order valence-electron chi connectivity index (χ0n) is 15.4. The van der Waals surface area contributed by atoms with Crippen molar-refractivity contribution in [3.05, 3.63) is 71.0 Å². The van der Waals surface area contributed by atoms with Crippen LogP contribution in [-0.4, -0.2) is 36.4 Å². The van der Waals surface area contributed by atoms with Crippen LogP contribution in [0, 0.1) is 5.82 Å². The summed E-state index contributed by atoms with van der Waals surface area (Å²) in [6.07, 6.45) is 2.92. The van der Waals surface area contributed by atoms with Crippen molar-refractivity contribution in [1.29, 1.82) is 0 Å². The van der Waals surface area contributed by atoms with Gasteiger partial charge in [-0.05, 0) is 42.7 Å². The highest BCUT2D eigenvalue weighted by Crippen LogP contribution is 2.28. The highest BCUT2D eigenvalue weighted by Gasteiger charge is 2.24. The van der Waals surface area contributed by atoms with Crippen LogP contribution in [0.4, 0.5) is 15.2 Å². The van der Waals surface area contributed by atoms with Gasteiger partial charge in [-0.15, -0.1) is 10.2 Å². The molecule has 140 valence electrons. The molecule has 0 aliphatic carbocycles. The van der Waals surface area contributed by atoms with E-state index in [2.05, 4.69) is 57.4 Å². The van der Waals surface area contributed by atoms with Gasteiger partial charge in [0.15, 0.2) is 0 Å². The first-order valence-electron chi connectivity index (χ1n) is 9.29. The molecule has 1 saturated heterocycles. The van der Waals surface area contributed by atoms with Crippen molar-refractivity contribution in [2.24, 2.45) is 0 Å². The molecular weight excluding hydrogens is 359 g/mol. The van der Waals surface area contributed by atoms with E-state index < -0.39 is 0 Å². The second kappa shape index (κ2) is 8.05. The van der Waals surface area contributed by atoms with Gasteiger partial charge in [-0.3, -0.25) is 0 Å². The molecule has 6 heteroatoms. The molecule has 0 unspecified atom stereocenters. The Bertz CT molecular complexity index is 857. The van der Waals surface area contributed by atoms with Gasteiger partial charge in [-0.25, -0.2) is 4.39 Å². The van der Waals surface area contributed by atoms with Gasteiger partial charge in [0, 0.05) is 38.3 Å². The van der Waals surface area contributed by atoms with Crippen molar-refractivity contribution in [1.82, 2.24) is 10.2 Å². The van der Waals surface area contributed by atoms with Crippen LogP contribution in [-0.2, 0) is 6.42 Å². The van der Waals surface area contributed by atoms with Gasteiger partial charge >= 0.3 is 0 Å². The summed E-state index contributed by atoms with van der Waals surface area (Å²) in [7, 11) is 2.18. The standard InChI is InChI=1S/C21H23FN4S/c1-25(18-5-3-2-4-6-18)19-11-13-26(14-12-19)21-24-23-20(27-21)15-16-7-9-17(22)10-8-16/h2-10,19H,11-15H2,1H3. The maximum Gasteiger partial charge on any atom is 0.208 e. The summed E-state index contributed by atoms with van der Waals surface area (Å²) >= 11 is 1.64. The van der Waals surface area contributed by atoms with Gasteiger partial charge in [0.05, 0.1) is 0 Å². The van der Waals surface area contributed by atoms with Crippen LogP contribution in [0.1, 0.15) is 23.4 Å². The minimum absolute atomic E-state index is 0.208. The number of para-hydroxylation sites is 1. The van der Waals surface area contributed by atoms with Crippen LogP contribution in [0.2, 0.25) is 0 Å². The maximum atomic E-state index is 13.0. The fourth-order valence-electron chi connectivity index (χ4n) is 3.54. The second-order valence-electron chi connectivity index (χ2n) is 6.95. The first kappa shape index (κ1) is 17.9. The predicted molar refractivity (Wildman–Crippen MR) is 109 cm³/mol. The molecule has 0 amide bonds. The van der Waals surface area contributed by atoms with Gasteiger partial charge in [-0.1, -0.05) is 41.7 Å². The largest absolute Gasteiger partial charge is 0.371 e. The quantitative estimate of drug-likeness (QED) is 0.656. The molecule has 2 heterocycles. The van der Waals surface area contributed by atoms with Gasteiger partial charge in [0.2, 0.25) is 5.13 Å². The normalized spacial score (nSPS) is 15.1. The number of piperidine rings is 1. The number of hydrogen-bond acceptors (Lipinski definition) is 5. The van der Waals surface area contributed by atoms with Crippen LogP contribution in [0.3, 0.4) is 0 Å². The van der Waals surface area contributed by atoms with Crippen LogP contribution in [0.5, 0.6) is 0 Å². The van der Waals surface area contributed by atoms with E-state index >= 15 is 0 Å². The Labute approximate surface area is 163 Å². The van der Waals surface area contributed by atoms with E-state index in [1.54, 1.807) is 23.5 Å². The molecule has 1 aromatic heterocycles. The zero-order chi connectivity index (χ0) is 18.6. The van der Waals surface area contributed by atoms with E-state index in [1.807, 2.05) is 0 Å². The molecule has 3 aromatic rings. The van der Waals surface area contributed by atoms with Crippen molar-refractivity contribution >= 4 is 22.2 Å². The third-order valence-electron chi connectivity index (χ3n) is 5.17. The number of nitrogens with zero attached hydrogens (tertiary/aromatic N) is 4. The number of benzene rings is 2. The van der Waals surface area contributed by atoms with Crippen LogP contribution < -0.4 is 9.80 Å². The smallest absolute Gasteiger partial charge is 0.208 e. The Balaban J connectivity index is 1.34. The topological polar surface area (TPSA) is 32.3 Å². The number of halogens is 1. The minimum atomic E-state index is -0.208. The Kier molecular flexibility index (Phi) is 5.34. The van der Waals surface area contributed by atoms with E-state index in [0.717, 1.165) is 41.6 Å². The Hall–Kier alpha value is -2.47. The molecule has 0 spiro atoms. The maximum absolute atomic E-state index is 13.0. The fraction of sp³-hybridized carbons (Fsp3) is 0.333. The molecule has 0 radical (unpaired) electrons. The molecule has 0 atom stereocenters. The molecule has 2 aromatic carbocycles. The number of hydrogen-bond donors (Lipinski definition) is 0. The Morgan fingerprint density at radius 3 is 2.44 bits per heavy atom. The van der Waals surface area contributed by atoms with Gasteiger partial charge in [-0.2, -0.15) is 0 Å². The van der Waals surface area contributed by atoms with E-state index in [1.165, 1.54) is 17.8 Å². The SMILES string of the molecule is CN(c1ccccc1)C1CCN(c2nnc(Cc3ccc(F)cc3)s2)CC1. The average Bonchev–Trinajstić information content (AvgIpc) is 3.18. The van der Waals surface area contributed by atoms with Crippen LogP contribution in [0.25, 0.3) is 0 Å². The van der Waals surface area contributed by atoms with Crippen molar-refractivity contribution in [2.45, 2.75) is 25.3 Å². The number of anilines is 2. The highest BCUT2D eigenvalue weighted by atomic mass is 32.1. The van der Waals surface area contributed by atoms with Crippen molar-refractivity contribution in [3.8, 4) is 0 Å². The highest BCUT2D eigenvalue weighted by molar-refractivity contribution is 7.15. The lowest BCUT2D eigenvalue weighted by Gasteiger charge is -2.37. The predicted octanol–water partition coefficient (Wildman–Crippen LogP) is 4.37. The first-order chi connectivity index (χ1) is 13.2. The third kappa shape index (κ3) is 4.27. The molecule has 1 aliphatic heterocycles. The number of rotatable bonds is 5. The minimum Gasteiger partial charge on any atom is -0.371 e. The lowest BCUT2D eigenvalue weighted by Crippen LogP contribution is -2.43. The Morgan fingerprint density at radius 2 is 1.74 bits per heavy atom. The molecule has 4 nitrogen and oxygen atoms in total. The van der Waals surface area contributed by atoms with E-state index in [0.29, 0.717) is 12.5 Å². The van der Waals surface area contributed by atoms with Gasteiger partial charge in [0.1, 0.15) is 10.8 Å². The first-order valence-corrected chi connectivity index (χ1v) is 10.1. The second-order valence-corrected chi connectivity index (χ2v) is 7.99. The summed E-state index contributed by atoms with van der Waals surface area (Å²) in [6.45, 7) is 1.99. The van der Waals surface area contributed by atoms with Crippen molar-refractivity contribution < 1.29 is 4.39 Å². The lowest BCUT2D eigenvalue weighted by molar-refractivity contribution is 0.481. The molecule has 0 saturated carbocycles. The van der Waals surface area contributed by atoms with Crippen molar-refractivity contribution in [3.63, 3.8) is 0 Å². The summed E-state index contributed by atoms with van der Waals surface area (Å²) in [5, 5.41) is 10.7. The molecule has 1 fully saturated rings. The molecule has 1 aliphatic rings. The van der Waals surface area contributed by atoms with Crippen LogP contribution in [0.15, 0.2) is 54.6 Å². The molecule has 27 heavy (non-hydrogen) atoms. The summed E-state index contributed by atoms with van der Waals surface area (Å²) in [6, 6.07) is 17.7. The van der Waals surface area contributed by atoms with E-state index in [-0.39, 0.29) is 5.82 Å². The lowest BCUT2D eigenvalue weighted by atomic mass is 10.0. The van der Waals surface area contributed by atoms with E-state index in [9.17, 15) is 4.39 Å². The summed E-state index contributed by atoms with van der Waals surface area (Å²) in [5.41, 5.74) is 2.33. The fourth-order valence-corrected chi connectivity index (χ4v) is 4.46. The molecule has 4 rings (SSSR count). The Morgan fingerprint density at radius 1 is 1.04 bits per heavy atom. The summed E-state index contributed by atoms with van der Waals surface area (Å²) < 4.78 is 13.0.